The summed E-state index contributed by atoms with van der Waals surface area (Å²) >= 11 is 0. The fourth-order valence-electron chi connectivity index (χ4n) is 2.39. The highest BCUT2D eigenvalue weighted by atomic mass is 16.5. The summed E-state index contributed by atoms with van der Waals surface area (Å²) < 4.78 is 10.3. The zero-order valence-electron chi connectivity index (χ0n) is 10.4. The summed E-state index contributed by atoms with van der Waals surface area (Å²) in [6.07, 6.45) is 0.158. The van der Waals surface area contributed by atoms with Crippen molar-refractivity contribution >= 4 is 5.97 Å². The molecule has 0 saturated carbocycles. The van der Waals surface area contributed by atoms with Crippen molar-refractivity contribution in [3.8, 4) is 5.75 Å². The molecule has 2 aromatic rings. The summed E-state index contributed by atoms with van der Waals surface area (Å²) in [5.74, 6) is 0.129. The third-order valence-electron chi connectivity index (χ3n) is 3.22. The van der Waals surface area contributed by atoms with Gasteiger partial charge in [-0.1, -0.05) is 30.3 Å². The predicted molar refractivity (Wildman–Crippen MR) is 68.3 cm³/mol. The molecule has 0 aliphatic carbocycles. The van der Waals surface area contributed by atoms with Gasteiger partial charge in [0, 0.05) is 12.0 Å². The summed E-state index contributed by atoms with van der Waals surface area (Å²) in [6, 6.07) is 11.0. The quantitative estimate of drug-likeness (QED) is 0.735. The molecule has 3 rings (SSSR count). The van der Waals surface area contributed by atoms with Crippen LogP contribution in [0.15, 0.2) is 45.6 Å². The van der Waals surface area contributed by atoms with Crippen LogP contribution in [0.4, 0.5) is 0 Å². The Labute approximate surface area is 109 Å². The molecule has 0 N–H and O–H groups in total. The monoisotopic (exact) mass is 256 g/mol. The van der Waals surface area contributed by atoms with Gasteiger partial charge in [0.25, 0.3) is 0 Å². The Balaban J connectivity index is 2.20. The Morgan fingerprint density at radius 1 is 1.16 bits per heavy atom. The van der Waals surface area contributed by atoms with E-state index < -0.39 is 5.63 Å². The van der Waals surface area contributed by atoms with Crippen LogP contribution in [0.5, 0.6) is 5.75 Å². The van der Waals surface area contributed by atoms with E-state index in [2.05, 4.69) is 0 Å². The van der Waals surface area contributed by atoms with Crippen LogP contribution in [0.2, 0.25) is 0 Å². The highest BCUT2D eigenvalue weighted by molar-refractivity contribution is 5.77. The van der Waals surface area contributed by atoms with E-state index in [0.717, 1.165) is 5.56 Å². The summed E-state index contributed by atoms with van der Waals surface area (Å²) in [7, 11) is 0. The van der Waals surface area contributed by atoms with Crippen molar-refractivity contribution in [1.29, 1.82) is 0 Å². The molecule has 4 heteroatoms. The fourth-order valence-corrected chi connectivity index (χ4v) is 2.39. The molecule has 1 atom stereocenters. The largest absolute Gasteiger partial charge is 0.428 e. The first kappa shape index (κ1) is 11.7. The van der Waals surface area contributed by atoms with Gasteiger partial charge in [-0.15, -0.1) is 0 Å². The van der Waals surface area contributed by atoms with E-state index in [4.69, 9.17) is 9.15 Å². The molecule has 0 spiro atoms. The second kappa shape index (κ2) is 4.39. The molecule has 0 amide bonds. The highest BCUT2D eigenvalue weighted by Crippen LogP contribution is 2.36. The van der Waals surface area contributed by atoms with Crippen LogP contribution in [0.1, 0.15) is 29.2 Å². The highest BCUT2D eigenvalue weighted by Gasteiger charge is 2.32. The van der Waals surface area contributed by atoms with Gasteiger partial charge in [-0.3, -0.25) is 4.79 Å². The molecule has 0 radical (unpaired) electrons. The maximum atomic E-state index is 12.0. The zero-order valence-corrected chi connectivity index (χ0v) is 10.4. The topological polar surface area (TPSA) is 56.5 Å². The number of ether oxygens (including phenoxy) is 1. The van der Waals surface area contributed by atoms with Gasteiger partial charge in [0.1, 0.15) is 11.5 Å². The number of hydrogen-bond acceptors (Lipinski definition) is 4. The molecule has 1 aromatic heterocycles. The van der Waals surface area contributed by atoms with Gasteiger partial charge in [0.2, 0.25) is 0 Å². The lowest BCUT2D eigenvalue weighted by atomic mass is 9.87. The molecule has 1 aliphatic heterocycles. The number of carbonyl (C=O) groups is 1. The molecular weight excluding hydrogens is 244 g/mol. The molecule has 96 valence electrons. The number of benzene rings is 1. The molecule has 4 nitrogen and oxygen atoms in total. The normalized spacial score (nSPS) is 17.7. The molecule has 19 heavy (non-hydrogen) atoms. The summed E-state index contributed by atoms with van der Waals surface area (Å²) in [5.41, 5.74) is 0.907. The first-order chi connectivity index (χ1) is 9.15. The van der Waals surface area contributed by atoms with Crippen molar-refractivity contribution in [2.75, 3.05) is 0 Å². The second-order valence-electron chi connectivity index (χ2n) is 4.56. The Hall–Kier alpha value is -2.36. The number of esters is 1. The van der Waals surface area contributed by atoms with Gasteiger partial charge < -0.3 is 9.15 Å². The molecule has 1 aromatic carbocycles. The Bertz CT molecular complexity index is 685. The van der Waals surface area contributed by atoms with Crippen molar-refractivity contribution in [2.45, 2.75) is 19.3 Å². The van der Waals surface area contributed by atoms with Crippen molar-refractivity contribution in [3.63, 3.8) is 0 Å². The van der Waals surface area contributed by atoms with Gasteiger partial charge in [-0.2, -0.15) is 0 Å². The zero-order chi connectivity index (χ0) is 13.4. The Kier molecular flexibility index (Phi) is 2.71. The lowest BCUT2D eigenvalue weighted by Crippen LogP contribution is -2.26. The van der Waals surface area contributed by atoms with Crippen LogP contribution < -0.4 is 10.4 Å². The smallest absolute Gasteiger partial charge is 0.343 e. The first-order valence-electron chi connectivity index (χ1n) is 6.05. The summed E-state index contributed by atoms with van der Waals surface area (Å²) in [6.45, 7) is 1.65. The van der Waals surface area contributed by atoms with Gasteiger partial charge >= 0.3 is 11.6 Å². The fraction of sp³-hybridized carbons (Fsp3) is 0.200. The van der Waals surface area contributed by atoms with Crippen LogP contribution >= 0.6 is 0 Å². The number of aryl methyl sites for hydroxylation is 1. The van der Waals surface area contributed by atoms with Gasteiger partial charge in [0.15, 0.2) is 0 Å². The Morgan fingerprint density at radius 2 is 1.89 bits per heavy atom. The van der Waals surface area contributed by atoms with E-state index in [1.165, 1.54) is 0 Å². The third-order valence-corrected chi connectivity index (χ3v) is 3.22. The standard InChI is InChI=1S/C15H12O4/c1-9-7-12-14(15(17)18-9)11(8-13(16)19-12)10-5-3-2-4-6-10/h2-7,11H,8H2,1H3/t11-/m0/s1. The minimum absolute atomic E-state index is 0.158. The lowest BCUT2D eigenvalue weighted by molar-refractivity contribution is -0.135. The van der Waals surface area contributed by atoms with E-state index in [9.17, 15) is 9.59 Å². The lowest BCUT2D eigenvalue weighted by Gasteiger charge is -2.23. The summed E-state index contributed by atoms with van der Waals surface area (Å²) in [4.78, 5) is 23.7. The van der Waals surface area contributed by atoms with Crippen LogP contribution in [-0.4, -0.2) is 5.97 Å². The first-order valence-corrected chi connectivity index (χ1v) is 6.05. The van der Waals surface area contributed by atoms with Crippen LogP contribution in [0.3, 0.4) is 0 Å². The van der Waals surface area contributed by atoms with Crippen molar-refractivity contribution in [3.05, 3.63) is 63.7 Å². The second-order valence-corrected chi connectivity index (χ2v) is 4.56. The van der Waals surface area contributed by atoms with Crippen LogP contribution in [-0.2, 0) is 4.79 Å². The summed E-state index contributed by atoms with van der Waals surface area (Å²) in [5, 5.41) is 0. The molecule has 0 unspecified atom stereocenters. The van der Waals surface area contributed by atoms with Gasteiger partial charge in [0.05, 0.1) is 12.0 Å². The predicted octanol–water partition coefficient (Wildman–Crippen LogP) is 2.39. The molecule has 0 bridgehead atoms. The molecular formula is C15H12O4. The maximum Gasteiger partial charge on any atom is 0.343 e. The number of hydrogen-bond donors (Lipinski definition) is 0. The van der Waals surface area contributed by atoms with Gasteiger partial charge in [-0.05, 0) is 12.5 Å². The van der Waals surface area contributed by atoms with Gasteiger partial charge in [-0.25, -0.2) is 4.79 Å². The molecule has 0 fully saturated rings. The minimum atomic E-state index is -0.434. The van der Waals surface area contributed by atoms with E-state index in [1.54, 1.807) is 13.0 Å². The Morgan fingerprint density at radius 3 is 2.63 bits per heavy atom. The molecule has 0 saturated heterocycles. The van der Waals surface area contributed by atoms with E-state index in [1.807, 2.05) is 30.3 Å². The van der Waals surface area contributed by atoms with Crippen LogP contribution in [0, 0.1) is 6.92 Å². The van der Waals surface area contributed by atoms with Crippen LogP contribution in [0.25, 0.3) is 0 Å². The van der Waals surface area contributed by atoms with E-state index in [-0.39, 0.29) is 18.3 Å². The average molecular weight is 256 g/mol. The van der Waals surface area contributed by atoms with Crippen molar-refractivity contribution in [2.24, 2.45) is 0 Å². The molecule has 1 aliphatic rings. The maximum absolute atomic E-state index is 12.0. The van der Waals surface area contributed by atoms with Crippen molar-refractivity contribution in [1.82, 2.24) is 0 Å². The molecule has 2 heterocycles. The van der Waals surface area contributed by atoms with Crippen molar-refractivity contribution < 1.29 is 13.9 Å². The van der Waals surface area contributed by atoms with E-state index in [0.29, 0.717) is 17.1 Å². The number of carbonyl (C=O) groups excluding carboxylic acids is 1. The SMILES string of the molecule is Cc1cc2c(c(=O)o1)[C@H](c1ccccc1)CC(=O)O2. The minimum Gasteiger partial charge on any atom is -0.428 e. The van der Waals surface area contributed by atoms with E-state index >= 15 is 0 Å². The number of rotatable bonds is 1. The number of fused-ring (bicyclic) bond motifs is 1. The average Bonchev–Trinajstić information content (AvgIpc) is 2.38. The third kappa shape index (κ3) is 2.05.